The average molecular weight is 364 g/mol. The zero-order valence-electron chi connectivity index (χ0n) is 14.7. The molecule has 1 unspecified atom stereocenters. The summed E-state index contributed by atoms with van der Waals surface area (Å²) in [6, 6.07) is 5.78. The normalized spacial score (nSPS) is 16.8. The van der Waals surface area contributed by atoms with Gasteiger partial charge in [-0.05, 0) is 30.5 Å². The zero-order valence-corrected chi connectivity index (χ0v) is 14.7. The molecule has 26 heavy (non-hydrogen) atoms. The van der Waals surface area contributed by atoms with Gasteiger partial charge in [0.15, 0.2) is 0 Å². The number of amides is 3. The number of piperidine rings is 1. The van der Waals surface area contributed by atoms with Gasteiger partial charge in [0.1, 0.15) is 5.82 Å². The molecule has 1 fully saturated rings. The van der Waals surface area contributed by atoms with Crippen molar-refractivity contribution in [2.75, 3.05) is 32.7 Å². The minimum atomic E-state index is -0.404. The van der Waals surface area contributed by atoms with Crippen LogP contribution in [0, 0.1) is 11.7 Å². The summed E-state index contributed by atoms with van der Waals surface area (Å²) < 4.78 is 13.1. The fourth-order valence-corrected chi connectivity index (χ4v) is 2.94. The Morgan fingerprint density at radius 2 is 2.08 bits per heavy atom. The number of rotatable bonds is 7. The van der Waals surface area contributed by atoms with Crippen molar-refractivity contribution in [1.82, 2.24) is 15.5 Å². The molecule has 1 atom stereocenters. The van der Waals surface area contributed by atoms with E-state index in [1.165, 1.54) is 18.2 Å². The van der Waals surface area contributed by atoms with Crippen LogP contribution < -0.4 is 16.4 Å². The van der Waals surface area contributed by atoms with Crippen molar-refractivity contribution in [2.45, 2.75) is 19.3 Å². The number of hydrogen-bond acceptors (Lipinski definition) is 4. The second-order valence-electron chi connectivity index (χ2n) is 6.34. The van der Waals surface area contributed by atoms with Gasteiger partial charge in [-0.2, -0.15) is 0 Å². The molecule has 1 aliphatic rings. The first-order valence-corrected chi connectivity index (χ1v) is 8.76. The van der Waals surface area contributed by atoms with E-state index in [9.17, 15) is 18.8 Å². The largest absolute Gasteiger partial charge is 0.355 e. The number of halogens is 1. The van der Waals surface area contributed by atoms with E-state index >= 15 is 0 Å². The second kappa shape index (κ2) is 9.86. The number of nitrogens with zero attached hydrogens (tertiary/aromatic N) is 1. The van der Waals surface area contributed by atoms with Crippen molar-refractivity contribution in [3.8, 4) is 0 Å². The van der Waals surface area contributed by atoms with Gasteiger partial charge in [0.05, 0.1) is 18.9 Å². The van der Waals surface area contributed by atoms with Crippen LogP contribution in [0.1, 0.15) is 18.4 Å². The lowest BCUT2D eigenvalue weighted by Crippen LogP contribution is -2.48. The van der Waals surface area contributed by atoms with Crippen molar-refractivity contribution >= 4 is 17.7 Å². The number of carbonyl (C=O) groups excluding carboxylic acids is 3. The summed E-state index contributed by atoms with van der Waals surface area (Å²) in [5, 5.41) is 5.30. The minimum Gasteiger partial charge on any atom is -0.355 e. The smallest absolute Gasteiger partial charge is 0.241 e. The molecule has 0 bridgehead atoms. The van der Waals surface area contributed by atoms with Crippen LogP contribution in [0.25, 0.3) is 0 Å². The average Bonchev–Trinajstić information content (AvgIpc) is 2.64. The molecule has 142 valence electrons. The van der Waals surface area contributed by atoms with E-state index in [2.05, 4.69) is 10.6 Å². The highest BCUT2D eigenvalue weighted by Gasteiger charge is 2.28. The lowest BCUT2D eigenvalue weighted by molar-refractivity contribution is -0.136. The first-order valence-electron chi connectivity index (χ1n) is 8.76. The van der Waals surface area contributed by atoms with Gasteiger partial charge in [0, 0.05) is 26.2 Å². The highest BCUT2D eigenvalue weighted by Crippen LogP contribution is 2.16. The molecule has 0 spiro atoms. The van der Waals surface area contributed by atoms with Crippen LogP contribution in [0.2, 0.25) is 0 Å². The van der Waals surface area contributed by atoms with Gasteiger partial charge in [-0.3, -0.25) is 14.4 Å². The first-order chi connectivity index (χ1) is 12.5. The number of hydrogen-bond donors (Lipinski definition) is 3. The molecule has 0 aromatic heterocycles. The Morgan fingerprint density at radius 1 is 1.27 bits per heavy atom. The molecular weight excluding hydrogens is 339 g/mol. The number of benzene rings is 1. The molecule has 8 heteroatoms. The van der Waals surface area contributed by atoms with Gasteiger partial charge < -0.3 is 21.3 Å². The minimum absolute atomic E-state index is 0.00909. The fourth-order valence-electron chi connectivity index (χ4n) is 2.94. The zero-order chi connectivity index (χ0) is 18.9. The lowest BCUT2D eigenvalue weighted by atomic mass is 9.97. The Bertz CT molecular complexity index is 653. The van der Waals surface area contributed by atoms with E-state index in [0.717, 1.165) is 12.8 Å². The number of carbonyl (C=O) groups is 3. The van der Waals surface area contributed by atoms with Gasteiger partial charge >= 0.3 is 0 Å². The quantitative estimate of drug-likeness (QED) is 0.623. The van der Waals surface area contributed by atoms with Crippen LogP contribution in [-0.4, -0.2) is 55.3 Å². The summed E-state index contributed by atoms with van der Waals surface area (Å²) in [5.74, 6) is -1.32. The van der Waals surface area contributed by atoms with Crippen molar-refractivity contribution in [3.05, 3.63) is 35.6 Å². The summed E-state index contributed by atoms with van der Waals surface area (Å²) in [7, 11) is 0. The van der Waals surface area contributed by atoms with Crippen LogP contribution in [0.3, 0.4) is 0 Å². The van der Waals surface area contributed by atoms with Crippen LogP contribution in [0.5, 0.6) is 0 Å². The topological polar surface area (TPSA) is 105 Å². The molecule has 1 aromatic carbocycles. The number of likely N-dealkylation sites (tertiary alicyclic amines) is 1. The van der Waals surface area contributed by atoms with Crippen molar-refractivity contribution in [3.63, 3.8) is 0 Å². The molecular formula is C18H25FN4O3. The molecule has 0 radical (unpaired) electrons. The monoisotopic (exact) mass is 364 g/mol. The molecule has 1 aromatic rings. The predicted molar refractivity (Wildman–Crippen MR) is 94.5 cm³/mol. The van der Waals surface area contributed by atoms with E-state index in [0.29, 0.717) is 31.7 Å². The third-order valence-electron chi connectivity index (χ3n) is 4.28. The van der Waals surface area contributed by atoms with E-state index in [4.69, 9.17) is 5.73 Å². The molecule has 1 aliphatic heterocycles. The maximum atomic E-state index is 13.1. The molecule has 7 nitrogen and oxygen atoms in total. The highest BCUT2D eigenvalue weighted by atomic mass is 19.1. The van der Waals surface area contributed by atoms with E-state index in [-0.39, 0.29) is 36.6 Å². The Hall–Kier alpha value is -2.48. The maximum absolute atomic E-state index is 13.1. The molecule has 2 rings (SSSR count). The summed E-state index contributed by atoms with van der Waals surface area (Å²) in [4.78, 5) is 37.8. The third kappa shape index (κ3) is 6.11. The Kier molecular flexibility index (Phi) is 7.53. The summed E-state index contributed by atoms with van der Waals surface area (Å²) in [5.41, 5.74) is 5.92. The second-order valence-corrected chi connectivity index (χ2v) is 6.34. The predicted octanol–water partition coefficient (Wildman–Crippen LogP) is -0.202. The Balaban J connectivity index is 1.77. The highest BCUT2D eigenvalue weighted by molar-refractivity contribution is 5.86. The molecule has 3 amide bonds. The fraction of sp³-hybridized carbons (Fsp3) is 0.500. The van der Waals surface area contributed by atoms with Gasteiger partial charge in [0.2, 0.25) is 17.7 Å². The standard InChI is InChI=1S/C18H25FN4O3/c19-15-5-1-3-13(9-15)10-16(24)22-11-17(25)23-8-2-4-14(12-23)18(26)21-7-6-20/h1,3,5,9,14H,2,4,6-8,10-12,20H2,(H,21,26)(H,22,24). The van der Waals surface area contributed by atoms with Gasteiger partial charge in [0.25, 0.3) is 0 Å². The lowest BCUT2D eigenvalue weighted by Gasteiger charge is -2.32. The van der Waals surface area contributed by atoms with Crippen LogP contribution in [-0.2, 0) is 20.8 Å². The molecule has 4 N–H and O–H groups in total. The van der Waals surface area contributed by atoms with Gasteiger partial charge in [-0.1, -0.05) is 12.1 Å². The first kappa shape index (κ1) is 19.8. The summed E-state index contributed by atoms with van der Waals surface area (Å²) in [6.45, 7) is 1.57. The summed E-state index contributed by atoms with van der Waals surface area (Å²) in [6.07, 6.45) is 1.48. The molecule has 0 saturated carbocycles. The van der Waals surface area contributed by atoms with Crippen LogP contribution >= 0.6 is 0 Å². The third-order valence-corrected chi connectivity index (χ3v) is 4.28. The number of nitrogens with two attached hydrogens (primary N) is 1. The Morgan fingerprint density at radius 3 is 2.81 bits per heavy atom. The van der Waals surface area contributed by atoms with Crippen molar-refractivity contribution in [2.24, 2.45) is 11.7 Å². The van der Waals surface area contributed by atoms with Crippen molar-refractivity contribution < 1.29 is 18.8 Å². The van der Waals surface area contributed by atoms with Crippen LogP contribution in [0.15, 0.2) is 24.3 Å². The molecule has 1 saturated heterocycles. The number of nitrogens with one attached hydrogen (secondary N) is 2. The Labute approximate surface area is 152 Å². The maximum Gasteiger partial charge on any atom is 0.241 e. The van der Waals surface area contributed by atoms with E-state index < -0.39 is 5.82 Å². The van der Waals surface area contributed by atoms with Crippen molar-refractivity contribution in [1.29, 1.82) is 0 Å². The van der Waals surface area contributed by atoms with Gasteiger partial charge in [-0.15, -0.1) is 0 Å². The van der Waals surface area contributed by atoms with Gasteiger partial charge in [-0.25, -0.2) is 4.39 Å². The molecule has 1 heterocycles. The summed E-state index contributed by atoms with van der Waals surface area (Å²) >= 11 is 0. The SMILES string of the molecule is NCCNC(=O)C1CCCN(C(=O)CNC(=O)Cc2cccc(F)c2)C1. The molecule has 0 aliphatic carbocycles. The van der Waals surface area contributed by atoms with E-state index in [1.807, 2.05) is 0 Å². The van der Waals surface area contributed by atoms with E-state index in [1.54, 1.807) is 11.0 Å². The van der Waals surface area contributed by atoms with Crippen LogP contribution in [0.4, 0.5) is 4.39 Å².